The molecule has 1 atom stereocenters. The van der Waals surface area contributed by atoms with Gasteiger partial charge in [-0.1, -0.05) is 0 Å². The summed E-state index contributed by atoms with van der Waals surface area (Å²) in [4.78, 5) is 11.2. The number of rotatable bonds is 5. The van der Waals surface area contributed by atoms with Crippen LogP contribution in [0.25, 0.3) is 0 Å². The molecule has 2 rings (SSSR count). The molecule has 21 heavy (non-hydrogen) atoms. The van der Waals surface area contributed by atoms with Crippen molar-refractivity contribution in [1.82, 2.24) is 15.3 Å². The fourth-order valence-corrected chi connectivity index (χ4v) is 2.42. The Kier molecular flexibility index (Phi) is 5.53. The standard InChI is InChI=1S/C16H28N4O/c1-16(2,3)19-9-14-8-18-15(10-17-14)20(4)11-13-6-5-7-21-12-13/h8,10,13,19H,5-7,9,11-12H2,1-4H3. The predicted molar refractivity (Wildman–Crippen MR) is 85.4 cm³/mol. The van der Waals surface area contributed by atoms with Gasteiger partial charge in [-0.2, -0.15) is 0 Å². The molecule has 0 aromatic carbocycles. The lowest BCUT2D eigenvalue weighted by molar-refractivity contribution is 0.0576. The normalized spacial score (nSPS) is 19.5. The van der Waals surface area contributed by atoms with Gasteiger partial charge in [-0.25, -0.2) is 4.98 Å². The highest BCUT2D eigenvalue weighted by atomic mass is 16.5. The predicted octanol–water partition coefficient (Wildman–Crippen LogP) is 2.23. The first-order valence-corrected chi connectivity index (χ1v) is 7.79. The van der Waals surface area contributed by atoms with Crippen LogP contribution in [0, 0.1) is 5.92 Å². The second kappa shape index (κ2) is 7.18. The molecule has 1 fully saturated rings. The van der Waals surface area contributed by atoms with Crippen LogP contribution < -0.4 is 10.2 Å². The van der Waals surface area contributed by atoms with E-state index >= 15 is 0 Å². The third-order valence-electron chi connectivity index (χ3n) is 3.67. The molecule has 2 heterocycles. The van der Waals surface area contributed by atoms with Gasteiger partial charge in [-0.05, 0) is 39.5 Å². The Morgan fingerprint density at radius 2 is 2.14 bits per heavy atom. The molecule has 0 aliphatic carbocycles. The molecule has 0 radical (unpaired) electrons. The number of aromatic nitrogens is 2. The first-order valence-electron chi connectivity index (χ1n) is 7.79. The first kappa shape index (κ1) is 16.2. The van der Waals surface area contributed by atoms with E-state index in [1.54, 1.807) is 0 Å². The molecule has 118 valence electrons. The van der Waals surface area contributed by atoms with Crippen molar-refractivity contribution in [3.8, 4) is 0 Å². The number of hydrogen-bond donors (Lipinski definition) is 1. The molecular weight excluding hydrogens is 264 g/mol. The van der Waals surface area contributed by atoms with Gasteiger partial charge >= 0.3 is 0 Å². The molecule has 1 aliphatic rings. The van der Waals surface area contributed by atoms with Gasteiger partial charge in [-0.15, -0.1) is 0 Å². The third-order valence-corrected chi connectivity index (χ3v) is 3.67. The van der Waals surface area contributed by atoms with E-state index in [-0.39, 0.29) is 5.54 Å². The van der Waals surface area contributed by atoms with Crippen molar-refractivity contribution >= 4 is 5.82 Å². The number of hydrogen-bond acceptors (Lipinski definition) is 5. The Morgan fingerprint density at radius 1 is 1.33 bits per heavy atom. The fourth-order valence-electron chi connectivity index (χ4n) is 2.42. The van der Waals surface area contributed by atoms with Crippen LogP contribution in [0.4, 0.5) is 5.82 Å². The van der Waals surface area contributed by atoms with Crippen molar-refractivity contribution in [1.29, 1.82) is 0 Å². The van der Waals surface area contributed by atoms with Crippen molar-refractivity contribution in [3.63, 3.8) is 0 Å². The van der Waals surface area contributed by atoms with Crippen LogP contribution in [0.3, 0.4) is 0 Å². The minimum absolute atomic E-state index is 0.0954. The SMILES string of the molecule is CN(CC1CCCOC1)c1cnc(CNC(C)(C)C)cn1. The molecule has 0 spiro atoms. The summed E-state index contributed by atoms with van der Waals surface area (Å²) in [5.74, 6) is 1.54. The zero-order chi connectivity index (χ0) is 15.3. The largest absolute Gasteiger partial charge is 0.381 e. The Bertz CT molecular complexity index is 421. The smallest absolute Gasteiger partial charge is 0.146 e. The molecular formula is C16H28N4O. The van der Waals surface area contributed by atoms with E-state index in [1.165, 1.54) is 12.8 Å². The van der Waals surface area contributed by atoms with Gasteiger partial charge in [0.1, 0.15) is 5.82 Å². The van der Waals surface area contributed by atoms with Crippen LogP contribution in [0.15, 0.2) is 12.4 Å². The molecule has 1 aromatic heterocycles. The second-order valence-corrected chi connectivity index (χ2v) is 6.93. The molecule has 0 amide bonds. The van der Waals surface area contributed by atoms with E-state index in [2.05, 4.69) is 48.0 Å². The zero-order valence-electron chi connectivity index (χ0n) is 13.7. The van der Waals surface area contributed by atoms with Gasteiger partial charge in [0, 0.05) is 32.3 Å². The molecule has 1 aromatic rings. The van der Waals surface area contributed by atoms with Gasteiger partial charge < -0.3 is 15.0 Å². The van der Waals surface area contributed by atoms with Crippen LogP contribution in [0.5, 0.6) is 0 Å². The van der Waals surface area contributed by atoms with Gasteiger partial charge in [0.15, 0.2) is 0 Å². The second-order valence-electron chi connectivity index (χ2n) is 6.93. The first-order chi connectivity index (χ1) is 9.94. The Morgan fingerprint density at radius 3 is 2.71 bits per heavy atom. The number of anilines is 1. The maximum atomic E-state index is 5.53. The van der Waals surface area contributed by atoms with Crippen LogP contribution in [-0.4, -0.2) is 42.3 Å². The third kappa shape index (κ3) is 5.59. The molecule has 1 unspecified atom stereocenters. The van der Waals surface area contributed by atoms with E-state index < -0.39 is 0 Å². The number of nitrogens with one attached hydrogen (secondary N) is 1. The zero-order valence-corrected chi connectivity index (χ0v) is 13.7. The molecule has 1 aliphatic heterocycles. The fraction of sp³-hybridized carbons (Fsp3) is 0.750. The van der Waals surface area contributed by atoms with Crippen molar-refractivity contribution < 1.29 is 4.74 Å². The Labute approximate surface area is 128 Å². The Balaban J connectivity index is 1.85. The molecule has 5 nitrogen and oxygen atoms in total. The molecule has 1 N–H and O–H groups in total. The lowest BCUT2D eigenvalue weighted by atomic mass is 10.0. The number of nitrogens with zero attached hydrogens (tertiary/aromatic N) is 3. The van der Waals surface area contributed by atoms with Crippen molar-refractivity contribution in [2.24, 2.45) is 5.92 Å². The van der Waals surface area contributed by atoms with E-state index in [4.69, 9.17) is 4.74 Å². The Hall–Kier alpha value is -1.20. The average molecular weight is 292 g/mol. The van der Waals surface area contributed by atoms with Gasteiger partial charge in [-0.3, -0.25) is 4.98 Å². The van der Waals surface area contributed by atoms with Crippen molar-refractivity contribution in [2.75, 3.05) is 31.7 Å². The van der Waals surface area contributed by atoms with E-state index in [1.807, 2.05) is 12.4 Å². The maximum absolute atomic E-state index is 5.53. The summed E-state index contributed by atoms with van der Waals surface area (Å²) in [6, 6.07) is 0. The summed E-state index contributed by atoms with van der Waals surface area (Å²) in [6.07, 6.45) is 6.14. The van der Waals surface area contributed by atoms with E-state index in [9.17, 15) is 0 Å². The van der Waals surface area contributed by atoms with Gasteiger partial charge in [0.25, 0.3) is 0 Å². The molecule has 0 saturated carbocycles. The van der Waals surface area contributed by atoms with Crippen LogP contribution in [0.2, 0.25) is 0 Å². The topological polar surface area (TPSA) is 50.3 Å². The maximum Gasteiger partial charge on any atom is 0.146 e. The highest BCUT2D eigenvalue weighted by Crippen LogP contribution is 2.17. The minimum atomic E-state index is 0.0954. The van der Waals surface area contributed by atoms with Crippen LogP contribution in [-0.2, 0) is 11.3 Å². The van der Waals surface area contributed by atoms with Crippen LogP contribution in [0.1, 0.15) is 39.3 Å². The van der Waals surface area contributed by atoms with E-state index in [0.717, 1.165) is 37.8 Å². The quantitative estimate of drug-likeness (QED) is 0.902. The molecule has 1 saturated heterocycles. The van der Waals surface area contributed by atoms with E-state index in [0.29, 0.717) is 5.92 Å². The highest BCUT2D eigenvalue weighted by Gasteiger charge is 2.17. The average Bonchev–Trinajstić information content (AvgIpc) is 2.46. The monoisotopic (exact) mass is 292 g/mol. The van der Waals surface area contributed by atoms with Crippen molar-refractivity contribution in [2.45, 2.75) is 45.7 Å². The summed E-state index contributed by atoms with van der Waals surface area (Å²) in [7, 11) is 2.08. The summed E-state index contributed by atoms with van der Waals surface area (Å²) in [5, 5.41) is 3.42. The lowest BCUT2D eigenvalue weighted by Crippen LogP contribution is -2.35. The molecule has 0 bridgehead atoms. The van der Waals surface area contributed by atoms with Gasteiger partial charge in [0.2, 0.25) is 0 Å². The molecule has 5 heteroatoms. The minimum Gasteiger partial charge on any atom is -0.381 e. The lowest BCUT2D eigenvalue weighted by Gasteiger charge is -2.27. The summed E-state index contributed by atoms with van der Waals surface area (Å²) >= 11 is 0. The van der Waals surface area contributed by atoms with Crippen LogP contribution >= 0.6 is 0 Å². The summed E-state index contributed by atoms with van der Waals surface area (Å²) in [6.45, 7) is 9.95. The number of ether oxygens (including phenoxy) is 1. The van der Waals surface area contributed by atoms with Gasteiger partial charge in [0.05, 0.1) is 24.7 Å². The highest BCUT2D eigenvalue weighted by molar-refractivity contribution is 5.34. The van der Waals surface area contributed by atoms with Crippen molar-refractivity contribution in [3.05, 3.63) is 18.1 Å². The summed E-state index contributed by atoms with van der Waals surface area (Å²) < 4.78 is 5.53. The summed E-state index contributed by atoms with van der Waals surface area (Å²) in [5.41, 5.74) is 1.07.